The molecule has 2 N–H and O–H groups in total. The van der Waals surface area contributed by atoms with Crippen LogP contribution in [0.2, 0.25) is 0 Å². The van der Waals surface area contributed by atoms with Gasteiger partial charge in [-0.25, -0.2) is 4.79 Å². The molecule has 3 rings (SSSR count). The van der Waals surface area contributed by atoms with Gasteiger partial charge in [-0.15, -0.1) is 0 Å². The van der Waals surface area contributed by atoms with Crippen molar-refractivity contribution in [3.8, 4) is 5.75 Å². The summed E-state index contributed by atoms with van der Waals surface area (Å²) in [4.78, 5) is 14.3. The lowest BCUT2D eigenvalue weighted by molar-refractivity contribution is 0.163. The molecule has 1 saturated carbocycles. The van der Waals surface area contributed by atoms with Crippen molar-refractivity contribution < 1.29 is 9.53 Å². The number of carbonyl (C=O) groups is 1. The Morgan fingerprint density at radius 3 is 2.53 bits per heavy atom. The van der Waals surface area contributed by atoms with Crippen LogP contribution in [0.5, 0.6) is 5.75 Å². The molecule has 30 heavy (non-hydrogen) atoms. The zero-order valence-electron chi connectivity index (χ0n) is 18.6. The number of ether oxygens (including phenoxy) is 1. The van der Waals surface area contributed by atoms with Crippen LogP contribution in [0.3, 0.4) is 0 Å². The number of halogens is 1. The first-order valence-electron chi connectivity index (χ1n) is 11.7. The van der Waals surface area contributed by atoms with Gasteiger partial charge in [-0.2, -0.15) is 0 Å². The number of carbonyl (C=O) groups excluding carboxylic acids is 1. The van der Waals surface area contributed by atoms with E-state index in [0.29, 0.717) is 12.6 Å². The molecule has 1 aliphatic carbocycles. The minimum atomic E-state index is -0.00945. The Balaban J connectivity index is 1.32. The van der Waals surface area contributed by atoms with E-state index in [1.54, 1.807) is 7.11 Å². The molecule has 168 valence electrons. The van der Waals surface area contributed by atoms with E-state index in [4.69, 9.17) is 4.74 Å². The highest BCUT2D eigenvalue weighted by Gasteiger charge is 2.24. The Hall–Kier alpha value is -1.27. The molecule has 2 amide bonds. The van der Waals surface area contributed by atoms with Gasteiger partial charge in [0.25, 0.3) is 0 Å². The number of benzene rings is 1. The van der Waals surface area contributed by atoms with Crippen LogP contribution in [-0.4, -0.2) is 50.3 Å². The van der Waals surface area contributed by atoms with Crippen molar-refractivity contribution in [2.45, 2.75) is 64.3 Å². The second-order valence-electron chi connectivity index (χ2n) is 8.96. The minimum absolute atomic E-state index is 0.00945. The van der Waals surface area contributed by atoms with E-state index in [1.807, 2.05) is 13.0 Å². The average Bonchev–Trinajstić information content (AvgIpc) is 2.76. The number of rotatable bonds is 8. The Bertz CT molecular complexity index is 668. The summed E-state index contributed by atoms with van der Waals surface area (Å²) in [5, 5.41) is 5.94. The lowest BCUT2D eigenvalue weighted by Gasteiger charge is -2.34. The fraction of sp³-hybridized carbons (Fsp3) is 0.708. The fourth-order valence-corrected chi connectivity index (χ4v) is 5.33. The van der Waals surface area contributed by atoms with Crippen molar-refractivity contribution in [2.75, 3.05) is 33.3 Å². The molecule has 6 heteroatoms. The molecule has 0 radical (unpaired) electrons. The number of urea groups is 1. The third-order valence-corrected chi connectivity index (χ3v) is 7.62. The molecule has 0 bridgehead atoms. The van der Waals surface area contributed by atoms with E-state index in [1.165, 1.54) is 61.8 Å². The van der Waals surface area contributed by atoms with Gasteiger partial charge >= 0.3 is 6.03 Å². The van der Waals surface area contributed by atoms with E-state index >= 15 is 0 Å². The zero-order chi connectivity index (χ0) is 21.3. The lowest BCUT2D eigenvalue weighted by atomic mass is 9.83. The summed E-state index contributed by atoms with van der Waals surface area (Å²) in [7, 11) is 1.73. The molecule has 0 spiro atoms. The molecule has 2 aliphatic rings. The largest absolute Gasteiger partial charge is 0.497 e. The van der Waals surface area contributed by atoms with Gasteiger partial charge < -0.3 is 20.3 Å². The summed E-state index contributed by atoms with van der Waals surface area (Å²) < 4.78 is 6.59. The van der Waals surface area contributed by atoms with Gasteiger partial charge in [-0.05, 0) is 114 Å². The standard InChI is InChI=1S/C24H38BrN3O2/c1-3-26-24(29)27-21-6-4-18(5-7-21)10-13-28-14-11-19(12-15-28)16-20-17-22(30-2)8-9-23(20)25/h8-9,17-19,21H,3-7,10-16H2,1-2H3,(H2,26,27,29). The summed E-state index contributed by atoms with van der Waals surface area (Å²) >= 11 is 3.70. The summed E-state index contributed by atoms with van der Waals surface area (Å²) in [5.41, 5.74) is 1.37. The molecule has 2 fully saturated rings. The SMILES string of the molecule is CCNC(=O)NC1CCC(CCN2CCC(Cc3cc(OC)ccc3Br)CC2)CC1. The van der Waals surface area contributed by atoms with Gasteiger partial charge in [0.1, 0.15) is 5.75 Å². The van der Waals surface area contributed by atoms with E-state index in [9.17, 15) is 4.79 Å². The summed E-state index contributed by atoms with van der Waals surface area (Å²) in [6.07, 6.45) is 9.75. The predicted molar refractivity (Wildman–Crippen MR) is 126 cm³/mol. The minimum Gasteiger partial charge on any atom is -0.497 e. The Kier molecular flexibility index (Phi) is 9.31. The number of likely N-dealkylation sites (tertiary alicyclic amines) is 1. The first-order valence-corrected chi connectivity index (χ1v) is 12.5. The van der Waals surface area contributed by atoms with Crippen LogP contribution in [0.4, 0.5) is 4.79 Å². The van der Waals surface area contributed by atoms with E-state index in [0.717, 1.165) is 36.8 Å². The van der Waals surface area contributed by atoms with Crippen molar-refractivity contribution in [1.29, 1.82) is 0 Å². The second-order valence-corrected chi connectivity index (χ2v) is 9.81. The number of methoxy groups -OCH3 is 1. The third kappa shape index (κ3) is 7.16. The third-order valence-electron chi connectivity index (χ3n) is 6.84. The first-order chi connectivity index (χ1) is 14.6. The molecular formula is C24H38BrN3O2. The number of piperidine rings is 1. The van der Waals surface area contributed by atoms with Crippen LogP contribution in [-0.2, 0) is 6.42 Å². The van der Waals surface area contributed by atoms with Gasteiger partial charge in [0.2, 0.25) is 0 Å². The maximum atomic E-state index is 11.7. The van der Waals surface area contributed by atoms with Crippen LogP contribution < -0.4 is 15.4 Å². The molecule has 1 saturated heterocycles. The summed E-state index contributed by atoms with van der Waals surface area (Å²) in [6, 6.07) is 6.64. The van der Waals surface area contributed by atoms with Crippen LogP contribution in [0.25, 0.3) is 0 Å². The fourth-order valence-electron chi connectivity index (χ4n) is 4.92. The van der Waals surface area contributed by atoms with Crippen molar-refractivity contribution in [1.82, 2.24) is 15.5 Å². The first kappa shape index (κ1) is 23.4. The number of hydrogen-bond acceptors (Lipinski definition) is 3. The Morgan fingerprint density at radius 2 is 1.87 bits per heavy atom. The summed E-state index contributed by atoms with van der Waals surface area (Å²) in [5.74, 6) is 2.53. The van der Waals surface area contributed by atoms with Crippen molar-refractivity contribution >= 4 is 22.0 Å². The monoisotopic (exact) mass is 479 g/mol. The molecule has 1 aromatic carbocycles. The van der Waals surface area contributed by atoms with Crippen LogP contribution in [0.1, 0.15) is 57.4 Å². The van der Waals surface area contributed by atoms with Crippen molar-refractivity contribution in [3.63, 3.8) is 0 Å². The maximum Gasteiger partial charge on any atom is 0.314 e. The Morgan fingerprint density at radius 1 is 1.13 bits per heavy atom. The topological polar surface area (TPSA) is 53.6 Å². The molecule has 0 unspecified atom stereocenters. The zero-order valence-corrected chi connectivity index (χ0v) is 20.2. The number of hydrogen-bond donors (Lipinski definition) is 2. The highest BCUT2D eigenvalue weighted by Crippen LogP contribution is 2.30. The molecule has 0 atom stereocenters. The van der Waals surface area contributed by atoms with E-state index < -0.39 is 0 Å². The van der Waals surface area contributed by atoms with Crippen LogP contribution >= 0.6 is 15.9 Å². The normalized spacial score (nSPS) is 23.2. The highest BCUT2D eigenvalue weighted by molar-refractivity contribution is 9.10. The molecule has 5 nitrogen and oxygen atoms in total. The Labute approximate surface area is 190 Å². The molecule has 1 heterocycles. The number of nitrogens with one attached hydrogen (secondary N) is 2. The molecule has 0 aromatic heterocycles. The van der Waals surface area contributed by atoms with Gasteiger partial charge in [0.05, 0.1) is 7.11 Å². The molecule has 1 aromatic rings. The lowest BCUT2D eigenvalue weighted by Crippen LogP contribution is -2.43. The van der Waals surface area contributed by atoms with E-state index in [2.05, 4.69) is 43.6 Å². The van der Waals surface area contributed by atoms with Crippen LogP contribution in [0.15, 0.2) is 22.7 Å². The smallest absolute Gasteiger partial charge is 0.314 e. The van der Waals surface area contributed by atoms with Gasteiger partial charge in [-0.1, -0.05) is 15.9 Å². The quantitative estimate of drug-likeness (QED) is 0.552. The summed E-state index contributed by atoms with van der Waals surface area (Å²) in [6.45, 7) is 6.32. The van der Waals surface area contributed by atoms with Crippen LogP contribution in [0, 0.1) is 11.8 Å². The number of nitrogens with zero attached hydrogens (tertiary/aromatic N) is 1. The van der Waals surface area contributed by atoms with Crippen molar-refractivity contribution in [2.24, 2.45) is 11.8 Å². The van der Waals surface area contributed by atoms with E-state index in [-0.39, 0.29) is 6.03 Å². The second kappa shape index (κ2) is 11.9. The molecule has 1 aliphatic heterocycles. The van der Waals surface area contributed by atoms with Gasteiger partial charge in [0, 0.05) is 17.1 Å². The molecular weight excluding hydrogens is 442 g/mol. The predicted octanol–water partition coefficient (Wildman–Crippen LogP) is 4.98. The van der Waals surface area contributed by atoms with Crippen molar-refractivity contribution in [3.05, 3.63) is 28.2 Å². The van der Waals surface area contributed by atoms with Gasteiger partial charge in [0.15, 0.2) is 0 Å². The average molecular weight is 480 g/mol. The highest BCUT2D eigenvalue weighted by atomic mass is 79.9. The van der Waals surface area contributed by atoms with Gasteiger partial charge in [-0.3, -0.25) is 0 Å². The maximum absolute atomic E-state index is 11.7. The number of amides is 2.